The Balaban J connectivity index is 1.45. The van der Waals surface area contributed by atoms with Gasteiger partial charge in [0, 0.05) is 37.6 Å². The third kappa shape index (κ3) is 3.43. The highest BCUT2D eigenvalue weighted by Crippen LogP contribution is 2.34. The molecule has 2 aromatic carbocycles. The second kappa shape index (κ2) is 7.28. The molecule has 4 aromatic rings. The molecule has 0 aliphatic carbocycles. The van der Waals surface area contributed by atoms with E-state index < -0.39 is 10.0 Å². The lowest BCUT2D eigenvalue weighted by molar-refractivity contribution is 0.479. The normalized spacial score (nSPS) is 15.8. The molecule has 7 nitrogen and oxygen atoms in total. The van der Waals surface area contributed by atoms with Crippen LogP contribution in [0.2, 0.25) is 0 Å². The summed E-state index contributed by atoms with van der Waals surface area (Å²) in [5.74, 6) is 0.795. The van der Waals surface area contributed by atoms with Crippen LogP contribution in [-0.2, 0) is 17.1 Å². The molecule has 1 fully saturated rings. The summed E-state index contributed by atoms with van der Waals surface area (Å²) in [6.45, 7) is 2.82. The number of halogens is 1. The molecule has 5 rings (SSSR count). The Hall–Kier alpha value is -3.04. The fourth-order valence-electron chi connectivity index (χ4n) is 4.08. The minimum absolute atomic E-state index is 0.212. The van der Waals surface area contributed by atoms with E-state index in [1.54, 1.807) is 30.1 Å². The Bertz CT molecular complexity index is 1370. The molecule has 3 heterocycles. The SMILES string of the molecule is Cc1cc2c(cnn2-c2ccc(F)cc2)cc1[C]1CCN(S(=O)(=O)c2cnn(C)c2)C1. The Morgan fingerprint density at radius 2 is 1.84 bits per heavy atom. The summed E-state index contributed by atoms with van der Waals surface area (Å²) in [5, 5.41) is 9.41. The molecule has 9 heteroatoms. The summed E-state index contributed by atoms with van der Waals surface area (Å²) in [6, 6.07) is 10.3. The van der Waals surface area contributed by atoms with Gasteiger partial charge in [0.05, 0.1) is 23.6 Å². The second-order valence-corrected chi connectivity index (χ2v) is 9.74. The molecule has 0 N–H and O–H groups in total. The quantitative estimate of drug-likeness (QED) is 0.490. The fourth-order valence-corrected chi connectivity index (χ4v) is 5.51. The standard InChI is InChI=1S/C22H21FN5O2S/c1-15-9-22-17(11-25-28(22)19-5-3-18(23)4-6-19)10-21(15)16-7-8-27(13-16)31(29,30)20-12-24-26(2)14-20/h3-6,9-12,14H,7-8,13H2,1-2H3. The molecule has 0 bridgehead atoms. The Morgan fingerprint density at radius 3 is 2.55 bits per heavy atom. The number of hydrogen-bond acceptors (Lipinski definition) is 4. The molecule has 1 aliphatic heterocycles. The third-order valence-corrected chi connectivity index (χ3v) is 7.51. The molecule has 1 saturated heterocycles. The topological polar surface area (TPSA) is 73.0 Å². The zero-order valence-corrected chi connectivity index (χ0v) is 18.0. The predicted octanol–water partition coefficient (Wildman–Crippen LogP) is 3.22. The second-order valence-electron chi connectivity index (χ2n) is 7.80. The van der Waals surface area contributed by atoms with Crippen LogP contribution in [0.25, 0.3) is 16.6 Å². The van der Waals surface area contributed by atoms with E-state index in [1.807, 2.05) is 13.0 Å². The van der Waals surface area contributed by atoms with Gasteiger partial charge in [0.1, 0.15) is 10.7 Å². The third-order valence-electron chi connectivity index (χ3n) is 5.72. The van der Waals surface area contributed by atoms with E-state index in [9.17, 15) is 12.8 Å². The van der Waals surface area contributed by atoms with Crippen molar-refractivity contribution in [1.82, 2.24) is 23.9 Å². The van der Waals surface area contributed by atoms with Gasteiger partial charge >= 0.3 is 0 Å². The molecule has 0 unspecified atom stereocenters. The molecule has 0 saturated carbocycles. The van der Waals surface area contributed by atoms with Crippen molar-refractivity contribution in [3.8, 4) is 5.69 Å². The van der Waals surface area contributed by atoms with Gasteiger partial charge in [-0.15, -0.1) is 0 Å². The van der Waals surface area contributed by atoms with E-state index >= 15 is 0 Å². The average molecular weight is 439 g/mol. The molecule has 1 aliphatic rings. The van der Waals surface area contributed by atoms with Crippen molar-refractivity contribution in [3.05, 3.63) is 77.9 Å². The average Bonchev–Trinajstić information content (AvgIpc) is 3.47. The van der Waals surface area contributed by atoms with Crippen LogP contribution in [0.15, 0.2) is 59.9 Å². The van der Waals surface area contributed by atoms with Crippen molar-refractivity contribution in [3.63, 3.8) is 0 Å². The smallest absolute Gasteiger partial charge is 0.246 e. The van der Waals surface area contributed by atoms with Gasteiger partial charge in [0.25, 0.3) is 0 Å². The van der Waals surface area contributed by atoms with Gasteiger partial charge in [0.15, 0.2) is 0 Å². The van der Waals surface area contributed by atoms with E-state index in [2.05, 4.69) is 16.3 Å². The van der Waals surface area contributed by atoms with Crippen molar-refractivity contribution >= 4 is 20.9 Å². The maximum Gasteiger partial charge on any atom is 0.246 e. The number of aryl methyl sites for hydroxylation is 2. The number of rotatable bonds is 4. The highest BCUT2D eigenvalue weighted by Gasteiger charge is 2.35. The van der Waals surface area contributed by atoms with Crippen molar-refractivity contribution in [2.45, 2.75) is 18.2 Å². The van der Waals surface area contributed by atoms with Gasteiger partial charge in [0.2, 0.25) is 10.0 Å². The number of fused-ring (bicyclic) bond motifs is 1. The van der Waals surface area contributed by atoms with Gasteiger partial charge in [-0.1, -0.05) is 0 Å². The Kier molecular flexibility index (Phi) is 4.67. The lowest BCUT2D eigenvalue weighted by Gasteiger charge is -2.16. The summed E-state index contributed by atoms with van der Waals surface area (Å²) in [6.07, 6.45) is 5.36. The highest BCUT2D eigenvalue weighted by molar-refractivity contribution is 7.89. The van der Waals surface area contributed by atoms with Gasteiger partial charge in [-0.05, 0) is 60.9 Å². The molecular formula is C22H21FN5O2S. The maximum atomic E-state index is 13.3. The van der Waals surface area contributed by atoms with E-state index in [-0.39, 0.29) is 10.7 Å². The minimum Gasteiger partial charge on any atom is -0.274 e. The van der Waals surface area contributed by atoms with Crippen LogP contribution in [0.3, 0.4) is 0 Å². The zero-order valence-electron chi connectivity index (χ0n) is 17.2. The predicted molar refractivity (Wildman–Crippen MR) is 115 cm³/mol. The van der Waals surface area contributed by atoms with Crippen LogP contribution in [0.5, 0.6) is 0 Å². The van der Waals surface area contributed by atoms with Crippen LogP contribution < -0.4 is 0 Å². The Morgan fingerprint density at radius 1 is 1.06 bits per heavy atom. The van der Waals surface area contributed by atoms with Crippen LogP contribution >= 0.6 is 0 Å². The van der Waals surface area contributed by atoms with E-state index in [1.165, 1.54) is 33.5 Å². The van der Waals surface area contributed by atoms with Gasteiger partial charge in [-0.25, -0.2) is 17.5 Å². The molecule has 159 valence electrons. The van der Waals surface area contributed by atoms with Crippen LogP contribution in [-0.4, -0.2) is 45.4 Å². The first-order valence-corrected chi connectivity index (χ1v) is 11.3. The maximum absolute atomic E-state index is 13.3. The van der Waals surface area contributed by atoms with Crippen LogP contribution in [0, 0.1) is 18.7 Å². The number of hydrogen-bond donors (Lipinski definition) is 0. The van der Waals surface area contributed by atoms with Crippen molar-refractivity contribution in [2.75, 3.05) is 13.1 Å². The van der Waals surface area contributed by atoms with Gasteiger partial charge < -0.3 is 0 Å². The summed E-state index contributed by atoms with van der Waals surface area (Å²) in [5.41, 5.74) is 3.80. The van der Waals surface area contributed by atoms with E-state index in [0.717, 1.165) is 33.6 Å². The molecule has 1 radical (unpaired) electrons. The first kappa shape index (κ1) is 19.9. The van der Waals surface area contributed by atoms with E-state index in [0.29, 0.717) is 19.5 Å². The van der Waals surface area contributed by atoms with Crippen molar-refractivity contribution < 1.29 is 12.8 Å². The minimum atomic E-state index is -3.57. The van der Waals surface area contributed by atoms with Crippen molar-refractivity contribution in [1.29, 1.82) is 0 Å². The number of nitrogens with zero attached hydrogens (tertiary/aromatic N) is 5. The first-order valence-electron chi connectivity index (χ1n) is 9.91. The summed E-state index contributed by atoms with van der Waals surface area (Å²) in [4.78, 5) is 0.212. The Labute approximate surface area is 179 Å². The van der Waals surface area contributed by atoms with E-state index in [4.69, 9.17) is 0 Å². The molecule has 2 aromatic heterocycles. The number of benzene rings is 2. The van der Waals surface area contributed by atoms with Crippen LogP contribution in [0.4, 0.5) is 4.39 Å². The number of sulfonamides is 1. The lowest BCUT2D eigenvalue weighted by atomic mass is 9.93. The zero-order chi connectivity index (χ0) is 21.8. The monoisotopic (exact) mass is 438 g/mol. The highest BCUT2D eigenvalue weighted by atomic mass is 32.2. The molecule has 31 heavy (non-hydrogen) atoms. The van der Waals surface area contributed by atoms with Crippen LogP contribution in [0.1, 0.15) is 17.5 Å². The first-order chi connectivity index (χ1) is 14.8. The number of aromatic nitrogens is 4. The largest absolute Gasteiger partial charge is 0.274 e. The molecule has 0 spiro atoms. The molecular weight excluding hydrogens is 417 g/mol. The molecule has 0 amide bonds. The summed E-state index contributed by atoms with van der Waals surface area (Å²) < 4.78 is 43.9. The molecule has 0 atom stereocenters. The summed E-state index contributed by atoms with van der Waals surface area (Å²) >= 11 is 0. The lowest BCUT2D eigenvalue weighted by Crippen LogP contribution is -2.28. The fraction of sp³-hybridized carbons (Fsp3) is 0.227. The van der Waals surface area contributed by atoms with Gasteiger partial charge in [-0.2, -0.15) is 14.5 Å². The summed E-state index contributed by atoms with van der Waals surface area (Å²) in [7, 11) is -1.87. The van der Waals surface area contributed by atoms with Crippen molar-refractivity contribution in [2.24, 2.45) is 7.05 Å². The van der Waals surface area contributed by atoms with Gasteiger partial charge in [-0.3, -0.25) is 4.68 Å².